The molecule has 0 amide bonds. The van der Waals surface area contributed by atoms with Crippen LogP contribution in [0.2, 0.25) is 10.0 Å². The van der Waals surface area contributed by atoms with Crippen molar-refractivity contribution in [2.24, 2.45) is 5.14 Å². The van der Waals surface area contributed by atoms with Gasteiger partial charge < -0.3 is 9.47 Å². The van der Waals surface area contributed by atoms with Crippen LogP contribution in [0, 0.1) is 0 Å². The number of benzene rings is 1. The van der Waals surface area contributed by atoms with Crippen LogP contribution in [0.4, 0.5) is 0 Å². The second-order valence-corrected chi connectivity index (χ2v) is 6.91. The van der Waals surface area contributed by atoms with Crippen LogP contribution in [0.25, 0.3) is 0 Å². The number of hydrogen-bond donors (Lipinski definition) is 1. The van der Waals surface area contributed by atoms with Crippen LogP contribution >= 0.6 is 23.2 Å². The molecule has 0 bridgehead atoms. The van der Waals surface area contributed by atoms with Crippen LogP contribution in [-0.4, -0.2) is 27.7 Å². The lowest BCUT2D eigenvalue weighted by molar-refractivity contribution is 0.0904. The van der Waals surface area contributed by atoms with E-state index in [4.69, 9.17) is 37.8 Å². The summed E-state index contributed by atoms with van der Waals surface area (Å²) in [6, 6.07) is 2.45. The summed E-state index contributed by atoms with van der Waals surface area (Å²) < 4.78 is 33.5. The lowest BCUT2D eigenvalue weighted by Gasteiger charge is -2.13. The van der Waals surface area contributed by atoms with Crippen molar-refractivity contribution < 1.29 is 17.9 Å². The number of nitrogens with two attached hydrogens (primary N) is 1. The molecule has 0 aliphatic carbocycles. The Bertz CT molecular complexity index is 562. The van der Waals surface area contributed by atoms with E-state index in [1.165, 1.54) is 12.1 Å². The van der Waals surface area contributed by atoms with Crippen molar-refractivity contribution in [1.29, 1.82) is 0 Å². The predicted molar refractivity (Wildman–Crippen MR) is 76.9 cm³/mol. The van der Waals surface area contributed by atoms with E-state index in [0.717, 1.165) is 25.9 Å². The molecule has 1 heterocycles. The largest absolute Gasteiger partial charge is 0.490 e. The SMILES string of the molecule is NS(=O)(=O)c1cc(Cl)c(OCCC2CCCO2)c(Cl)c1. The number of halogens is 2. The van der Waals surface area contributed by atoms with Crippen molar-refractivity contribution in [1.82, 2.24) is 0 Å². The van der Waals surface area contributed by atoms with Crippen LogP contribution in [0.5, 0.6) is 5.75 Å². The summed E-state index contributed by atoms with van der Waals surface area (Å²) in [4.78, 5) is -0.140. The van der Waals surface area contributed by atoms with E-state index in [2.05, 4.69) is 0 Å². The molecule has 0 aromatic heterocycles. The van der Waals surface area contributed by atoms with Gasteiger partial charge in [0.05, 0.1) is 27.7 Å². The maximum atomic E-state index is 11.2. The Morgan fingerprint density at radius 3 is 2.50 bits per heavy atom. The van der Waals surface area contributed by atoms with E-state index in [-0.39, 0.29) is 26.8 Å². The molecule has 1 atom stereocenters. The summed E-state index contributed by atoms with van der Waals surface area (Å²) in [5, 5.41) is 5.26. The van der Waals surface area contributed by atoms with Crippen molar-refractivity contribution in [2.75, 3.05) is 13.2 Å². The third-order valence-corrected chi connectivity index (χ3v) is 4.46. The minimum Gasteiger partial charge on any atom is -0.490 e. The van der Waals surface area contributed by atoms with Gasteiger partial charge in [0, 0.05) is 13.0 Å². The maximum absolute atomic E-state index is 11.2. The molecule has 0 radical (unpaired) electrons. The van der Waals surface area contributed by atoms with Crippen LogP contribution in [0.3, 0.4) is 0 Å². The van der Waals surface area contributed by atoms with Crippen molar-refractivity contribution in [2.45, 2.75) is 30.3 Å². The van der Waals surface area contributed by atoms with Gasteiger partial charge in [0.15, 0.2) is 5.75 Å². The second-order valence-electron chi connectivity index (χ2n) is 4.53. The lowest BCUT2D eigenvalue weighted by atomic mass is 10.2. The fourth-order valence-electron chi connectivity index (χ4n) is 2.00. The Hall–Kier alpha value is -0.530. The van der Waals surface area contributed by atoms with Crippen LogP contribution in [0.1, 0.15) is 19.3 Å². The van der Waals surface area contributed by atoms with E-state index < -0.39 is 10.0 Å². The Morgan fingerprint density at radius 2 is 2.00 bits per heavy atom. The van der Waals surface area contributed by atoms with Gasteiger partial charge in [0.2, 0.25) is 10.0 Å². The van der Waals surface area contributed by atoms with Crippen molar-refractivity contribution in [3.05, 3.63) is 22.2 Å². The molecular weight excluding hydrogens is 325 g/mol. The van der Waals surface area contributed by atoms with Gasteiger partial charge in [-0.2, -0.15) is 0 Å². The molecule has 1 aliphatic rings. The van der Waals surface area contributed by atoms with Crippen molar-refractivity contribution in [3.63, 3.8) is 0 Å². The van der Waals surface area contributed by atoms with Crippen LogP contribution < -0.4 is 9.88 Å². The fraction of sp³-hybridized carbons (Fsp3) is 0.500. The van der Waals surface area contributed by atoms with Gasteiger partial charge in [0.25, 0.3) is 0 Å². The summed E-state index contributed by atoms with van der Waals surface area (Å²) in [5.41, 5.74) is 0. The van der Waals surface area contributed by atoms with E-state index >= 15 is 0 Å². The van der Waals surface area contributed by atoms with Gasteiger partial charge in [-0.1, -0.05) is 23.2 Å². The Kier molecular flexibility index (Phi) is 5.14. The first-order valence-corrected chi connectivity index (χ1v) is 8.44. The third-order valence-electron chi connectivity index (χ3n) is 3.01. The molecular formula is C12H15Cl2NO4S. The summed E-state index contributed by atoms with van der Waals surface area (Å²) in [5.74, 6) is 0.263. The zero-order chi connectivity index (χ0) is 14.8. The van der Waals surface area contributed by atoms with Gasteiger partial charge in [-0.15, -0.1) is 0 Å². The van der Waals surface area contributed by atoms with E-state index in [1.807, 2.05) is 0 Å². The molecule has 1 saturated heterocycles. The molecule has 2 N–H and O–H groups in total. The molecule has 1 fully saturated rings. The highest BCUT2D eigenvalue weighted by Gasteiger charge is 2.18. The number of rotatable bonds is 5. The Morgan fingerprint density at radius 1 is 1.35 bits per heavy atom. The number of primary sulfonamides is 1. The minimum atomic E-state index is -3.84. The maximum Gasteiger partial charge on any atom is 0.238 e. The zero-order valence-corrected chi connectivity index (χ0v) is 13.0. The molecule has 1 aromatic rings. The van der Waals surface area contributed by atoms with Crippen LogP contribution in [-0.2, 0) is 14.8 Å². The monoisotopic (exact) mass is 339 g/mol. The zero-order valence-electron chi connectivity index (χ0n) is 10.6. The smallest absolute Gasteiger partial charge is 0.238 e. The predicted octanol–water partition coefficient (Wildman–Crippen LogP) is 2.59. The van der Waals surface area contributed by atoms with Gasteiger partial charge in [-0.05, 0) is 25.0 Å². The number of sulfonamides is 1. The van der Waals surface area contributed by atoms with Gasteiger partial charge in [-0.3, -0.25) is 0 Å². The number of hydrogen-bond acceptors (Lipinski definition) is 4. The molecule has 5 nitrogen and oxygen atoms in total. The third kappa shape index (κ3) is 3.99. The number of ether oxygens (including phenoxy) is 2. The molecule has 1 aliphatic heterocycles. The van der Waals surface area contributed by atoms with Gasteiger partial charge >= 0.3 is 0 Å². The first kappa shape index (κ1) is 15.9. The summed E-state index contributed by atoms with van der Waals surface area (Å²) in [6.07, 6.45) is 3.03. The quantitative estimate of drug-likeness (QED) is 0.894. The Labute approximate surface area is 128 Å². The normalized spacial score (nSPS) is 19.2. The first-order valence-electron chi connectivity index (χ1n) is 6.14. The second kappa shape index (κ2) is 6.49. The van der Waals surface area contributed by atoms with Crippen molar-refractivity contribution >= 4 is 33.2 Å². The highest BCUT2D eigenvalue weighted by molar-refractivity contribution is 7.89. The van der Waals surface area contributed by atoms with E-state index in [9.17, 15) is 8.42 Å². The molecule has 1 unspecified atom stereocenters. The molecule has 8 heteroatoms. The Balaban J connectivity index is 2.04. The molecule has 0 saturated carbocycles. The van der Waals surface area contributed by atoms with Gasteiger partial charge in [0.1, 0.15) is 0 Å². The highest BCUT2D eigenvalue weighted by atomic mass is 35.5. The van der Waals surface area contributed by atoms with Crippen molar-refractivity contribution in [3.8, 4) is 5.75 Å². The average molecular weight is 340 g/mol. The highest BCUT2D eigenvalue weighted by Crippen LogP contribution is 2.35. The summed E-state index contributed by atoms with van der Waals surface area (Å²) in [6.45, 7) is 1.19. The average Bonchev–Trinajstić information content (AvgIpc) is 2.84. The van der Waals surface area contributed by atoms with E-state index in [1.54, 1.807) is 0 Å². The van der Waals surface area contributed by atoms with Crippen LogP contribution in [0.15, 0.2) is 17.0 Å². The minimum absolute atomic E-state index is 0.119. The van der Waals surface area contributed by atoms with Gasteiger partial charge in [-0.25, -0.2) is 13.6 Å². The molecule has 112 valence electrons. The summed E-state index contributed by atoms with van der Waals surface area (Å²) in [7, 11) is -3.84. The molecule has 2 rings (SSSR count). The van der Waals surface area contributed by atoms with E-state index in [0.29, 0.717) is 6.61 Å². The lowest BCUT2D eigenvalue weighted by Crippen LogP contribution is -2.13. The molecule has 0 spiro atoms. The topological polar surface area (TPSA) is 78.6 Å². The molecule has 20 heavy (non-hydrogen) atoms. The standard InChI is InChI=1S/C12H15Cl2NO4S/c13-10-6-9(20(15,16)17)7-11(14)12(10)19-5-3-8-2-1-4-18-8/h6-8H,1-5H2,(H2,15,16,17). The molecule has 1 aromatic carbocycles. The summed E-state index contributed by atoms with van der Waals surface area (Å²) >= 11 is 12.0. The fourth-order valence-corrected chi connectivity index (χ4v) is 3.29. The first-order chi connectivity index (χ1) is 9.38.